The van der Waals surface area contributed by atoms with Gasteiger partial charge >= 0.3 is 6.03 Å². The third-order valence-electron chi connectivity index (χ3n) is 6.23. The van der Waals surface area contributed by atoms with Crippen LogP contribution in [0.4, 0.5) is 9.93 Å². The molecule has 0 unspecified atom stereocenters. The van der Waals surface area contributed by atoms with Crippen molar-refractivity contribution >= 4 is 22.5 Å². The minimum absolute atomic E-state index is 0.0594. The van der Waals surface area contributed by atoms with Gasteiger partial charge in [-0.25, -0.2) is 4.79 Å². The highest BCUT2D eigenvalue weighted by atomic mass is 32.1. The lowest BCUT2D eigenvalue weighted by Gasteiger charge is -2.35. The molecular weight excluding hydrogens is 410 g/mol. The number of carbonyl (C=O) groups is 1. The first kappa shape index (κ1) is 22.2. The van der Waals surface area contributed by atoms with Gasteiger partial charge < -0.3 is 9.64 Å². The molecule has 1 saturated carbocycles. The van der Waals surface area contributed by atoms with E-state index in [1.165, 1.54) is 37.0 Å². The van der Waals surface area contributed by atoms with E-state index in [4.69, 9.17) is 4.74 Å². The van der Waals surface area contributed by atoms with Gasteiger partial charge in [-0.15, -0.1) is 10.2 Å². The van der Waals surface area contributed by atoms with E-state index in [0.717, 1.165) is 55.8 Å². The smallest absolute Gasteiger partial charge is 0.324 e. The Morgan fingerprint density at radius 1 is 1.23 bits per heavy atom. The number of aromatic nitrogens is 2. The number of carbonyl (C=O) groups excluding carboxylic acids is 1. The number of rotatable bonds is 8. The van der Waals surface area contributed by atoms with E-state index in [1.807, 2.05) is 23.1 Å². The van der Waals surface area contributed by atoms with Gasteiger partial charge in [-0.2, -0.15) is 0 Å². The molecule has 0 spiro atoms. The highest BCUT2D eigenvalue weighted by Gasteiger charge is 2.25. The minimum Gasteiger partial charge on any atom is -0.379 e. The molecule has 2 aliphatic rings. The van der Waals surface area contributed by atoms with Crippen molar-refractivity contribution in [2.24, 2.45) is 5.92 Å². The molecule has 8 heteroatoms. The van der Waals surface area contributed by atoms with Crippen LogP contribution in [0.25, 0.3) is 0 Å². The van der Waals surface area contributed by atoms with Gasteiger partial charge in [0.1, 0.15) is 5.01 Å². The number of nitrogens with zero attached hydrogens (tertiary/aromatic N) is 4. The molecule has 168 valence electrons. The summed E-state index contributed by atoms with van der Waals surface area (Å²) >= 11 is 1.51. The molecule has 2 heterocycles. The highest BCUT2D eigenvalue weighted by molar-refractivity contribution is 7.15. The molecule has 1 aliphatic carbocycles. The third-order valence-corrected chi connectivity index (χ3v) is 7.09. The van der Waals surface area contributed by atoms with Crippen molar-refractivity contribution < 1.29 is 9.53 Å². The lowest BCUT2D eigenvalue weighted by atomic mass is 10.1. The number of amides is 2. The Balaban J connectivity index is 1.40. The largest absolute Gasteiger partial charge is 0.379 e. The molecule has 1 aromatic carbocycles. The first-order valence-electron chi connectivity index (χ1n) is 11.4. The van der Waals surface area contributed by atoms with Crippen molar-refractivity contribution in [3.05, 3.63) is 40.9 Å². The van der Waals surface area contributed by atoms with Gasteiger partial charge in [0, 0.05) is 38.6 Å². The number of nitrogens with one attached hydrogen (secondary N) is 1. The van der Waals surface area contributed by atoms with Crippen LogP contribution in [0.1, 0.15) is 43.2 Å². The van der Waals surface area contributed by atoms with Crippen LogP contribution in [0.2, 0.25) is 0 Å². The molecular formula is C23H33N5O2S. The number of ether oxygens (including phenoxy) is 1. The zero-order valence-electron chi connectivity index (χ0n) is 18.3. The molecule has 2 amide bonds. The quantitative estimate of drug-likeness (QED) is 0.667. The molecule has 1 atom stereocenters. The number of morpholine rings is 1. The molecule has 2 fully saturated rings. The zero-order chi connectivity index (χ0) is 21.5. The van der Waals surface area contributed by atoms with Crippen LogP contribution in [-0.4, -0.2) is 64.9 Å². The topological polar surface area (TPSA) is 70.6 Å². The van der Waals surface area contributed by atoms with Gasteiger partial charge in [0.15, 0.2) is 0 Å². The van der Waals surface area contributed by atoms with Gasteiger partial charge in [-0.1, -0.05) is 67.4 Å². The van der Waals surface area contributed by atoms with Crippen molar-refractivity contribution in [1.82, 2.24) is 20.0 Å². The van der Waals surface area contributed by atoms with E-state index in [1.54, 1.807) is 0 Å². The maximum absolute atomic E-state index is 13.3. The normalized spacial score (nSPS) is 18.7. The fraction of sp³-hybridized carbons (Fsp3) is 0.609. The number of hydrogen-bond donors (Lipinski definition) is 1. The van der Waals surface area contributed by atoms with Crippen LogP contribution in [-0.2, 0) is 17.7 Å². The predicted molar refractivity (Wildman–Crippen MR) is 123 cm³/mol. The van der Waals surface area contributed by atoms with E-state index in [2.05, 4.69) is 39.5 Å². The summed E-state index contributed by atoms with van der Waals surface area (Å²) in [6, 6.07) is 10.1. The van der Waals surface area contributed by atoms with Gasteiger partial charge in [-0.3, -0.25) is 10.2 Å². The number of urea groups is 1. The number of hydrogen-bond acceptors (Lipinski definition) is 6. The predicted octanol–water partition coefficient (Wildman–Crippen LogP) is 4.03. The number of benzene rings is 1. The Labute approximate surface area is 188 Å². The summed E-state index contributed by atoms with van der Waals surface area (Å²) < 4.78 is 5.47. The third kappa shape index (κ3) is 6.48. The Hall–Kier alpha value is -2.03. The van der Waals surface area contributed by atoms with Crippen molar-refractivity contribution in [3.8, 4) is 0 Å². The molecule has 1 N–H and O–H groups in total. The molecule has 0 radical (unpaired) electrons. The molecule has 0 bridgehead atoms. The van der Waals surface area contributed by atoms with Crippen molar-refractivity contribution in [3.63, 3.8) is 0 Å². The first-order chi connectivity index (χ1) is 15.2. The fourth-order valence-corrected chi connectivity index (χ4v) is 5.32. The van der Waals surface area contributed by atoms with Gasteiger partial charge in [0.25, 0.3) is 0 Å². The van der Waals surface area contributed by atoms with E-state index < -0.39 is 0 Å². The summed E-state index contributed by atoms with van der Waals surface area (Å²) in [5, 5.41) is 13.2. The van der Waals surface area contributed by atoms with E-state index >= 15 is 0 Å². The molecule has 31 heavy (non-hydrogen) atoms. The monoisotopic (exact) mass is 443 g/mol. The molecule has 1 aromatic heterocycles. The van der Waals surface area contributed by atoms with Crippen LogP contribution in [0.3, 0.4) is 0 Å². The van der Waals surface area contributed by atoms with E-state index in [0.29, 0.717) is 11.7 Å². The molecule has 7 nitrogen and oxygen atoms in total. The van der Waals surface area contributed by atoms with Crippen LogP contribution < -0.4 is 5.32 Å². The molecule has 4 rings (SSSR count). The Morgan fingerprint density at radius 3 is 2.71 bits per heavy atom. The van der Waals surface area contributed by atoms with Crippen LogP contribution >= 0.6 is 11.3 Å². The first-order valence-corrected chi connectivity index (χ1v) is 12.2. The standard InChI is InChI=1S/C23H33N5O2S/c1-18(16-27-11-13-30-14-12-27)28(17-20-9-3-2-4-10-20)23(29)24-22-26-25-21(31-22)15-19-7-5-6-8-19/h2-4,9-10,18-19H,5-8,11-17H2,1H3,(H,24,26,29)/t18-/m0/s1. The van der Waals surface area contributed by atoms with Crippen molar-refractivity contribution in [2.45, 2.75) is 51.6 Å². The molecule has 2 aromatic rings. The summed E-state index contributed by atoms with van der Waals surface area (Å²) in [5.74, 6) is 0.722. The average molecular weight is 444 g/mol. The van der Waals surface area contributed by atoms with Crippen LogP contribution in [0.15, 0.2) is 30.3 Å². The zero-order valence-corrected chi connectivity index (χ0v) is 19.1. The Bertz CT molecular complexity index is 818. The lowest BCUT2D eigenvalue weighted by molar-refractivity contribution is 0.0277. The second-order valence-corrected chi connectivity index (χ2v) is 9.72. The summed E-state index contributed by atoms with van der Waals surface area (Å²) in [4.78, 5) is 17.5. The summed E-state index contributed by atoms with van der Waals surface area (Å²) in [6.45, 7) is 6.83. The highest BCUT2D eigenvalue weighted by Crippen LogP contribution is 2.29. The van der Waals surface area contributed by atoms with Gasteiger partial charge in [0.2, 0.25) is 5.13 Å². The minimum atomic E-state index is -0.117. The van der Waals surface area contributed by atoms with Crippen molar-refractivity contribution in [2.75, 3.05) is 38.2 Å². The lowest BCUT2D eigenvalue weighted by Crippen LogP contribution is -2.49. The second kappa shape index (κ2) is 11.0. The maximum Gasteiger partial charge on any atom is 0.324 e. The van der Waals surface area contributed by atoms with Crippen LogP contribution in [0.5, 0.6) is 0 Å². The fourth-order valence-electron chi connectivity index (χ4n) is 4.48. The summed E-state index contributed by atoms with van der Waals surface area (Å²) in [7, 11) is 0. The van der Waals surface area contributed by atoms with E-state index in [-0.39, 0.29) is 12.1 Å². The van der Waals surface area contributed by atoms with Crippen LogP contribution in [0, 0.1) is 5.92 Å². The maximum atomic E-state index is 13.3. The average Bonchev–Trinajstić information content (AvgIpc) is 3.46. The van der Waals surface area contributed by atoms with E-state index in [9.17, 15) is 4.79 Å². The SMILES string of the molecule is C[C@@H](CN1CCOCC1)N(Cc1ccccc1)C(=O)Nc1nnc(CC2CCCC2)s1. The second-order valence-electron chi connectivity index (χ2n) is 8.66. The van der Waals surface area contributed by atoms with Gasteiger partial charge in [0.05, 0.1) is 13.2 Å². The summed E-state index contributed by atoms with van der Waals surface area (Å²) in [6.07, 6.45) is 6.19. The Morgan fingerprint density at radius 2 is 1.97 bits per heavy atom. The molecule has 1 saturated heterocycles. The number of anilines is 1. The molecule has 1 aliphatic heterocycles. The van der Waals surface area contributed by atoms with Crippen molar-refractivity contribution in [1.29, 1.82) is 0 Å². The Kier molecular flexibility index (Phi) is 7.88. The van der Waals surface area contributed by atoms with Gasteiger partial charge in [-0.05, 0) is 18.4 Å². The summed E-state index contributed by atoms with van der Waals surface area (Å²) in [5.41, 5.74) is 1.12.